The zero-order chi connectivity index (χ0) is 26.0. The molecule has 37 heavy (non-hydrogen) atoms. The van der Waals surface area contributed by atoms with Crippen LogP contribution in [0.3, 0.4) is 0 Å². The molecular formula is C29H23F3N2O3. The Balaban J connectivity index is 1.36. The monoisotopic (exact) mass is 504 g/mol. The van der Waals surface area contributed by atoms with Crippen LogP contribution in [0.25, 0.3) is 22.0 Å². The summed E-state index contributed by atoms with van der Waals surface area (Å²) in [7, 11) is 0. The molecule has 5 nitrogen and oxygen atoms in total. The molecule has 0 unspecified atom stereocenters. The quantitative estimate of drug-likeness (QED) is 0.333. The van der Waals surface area contributed by atoms with Gasteiger partial charge in [0.05, 0.1) is 22.1 Å². The zero-order valence-electron chi connectivity index (χ0n) is 19.7. The van der Waals surface area contributed by atoms with Crippen LogP contribution in [0.1, 0.15) is 40.7 Å². The van der Waals surface area contributed by atoms with Gasteiger partial charge in [0.2, 0.25) is 0 Å². The molecule has 0 atom stereocenters. The third-order valence-electron chi connectivity index (χ3n) is 7.71. The number of carbonyl (C=O) groups is 2. The van der Waals surface area contributed by atoms with Gasteiger partial charge in [0.15, 0.2) is 0 Å². The fourth-order valence-corrected chi connectivity index (χ4v) is 5.90. The van der Waals surface area contributed by atoms with Crippen LogP contribution in [-0.4, -0.2) is 27.1 Å². The van der Waals surface area contributed by atoms with E-state index >= 15 is 0 Å². The summed E-state index contributed by atoms with van der Waals surface area (Å²) in [5, 5.41) is 13.4. The minimum Gasteiger partial charge on any atom is -0.481 e. The number of hydrogen-bond acceptors (Lipinski definition) is 2. The van der Waals surface area contributed by atoms with Crippen molar-refractivity contribution in [2.45, 2.75) is 37.5 Å². The number of carboxylic acid groups (broad SMARTS) is 1. The third-order valence-corrected chi connectivity index (χ3v) is 7.71. The molecule has 3 saturated carbocycles. The lowest BCUT2D eigenvalue weighted by Gasteiger charge is -2.67. The van der Waals surface area contributed by atoms with Crippen molar-refractivity contribution in [3.8, 4) is 11.1 Å². The van der Waals surface area contributed by atoms with Crippen molar-refractivity contribution >= 4 is 22.8 Å². The Morgan fingerprint density at radius 3 is 2.22 bits per heavy atom. The Morgan fingerprint density at radius 1 is 0.919 bits per heavy atom. The lowest BCUT2D eigenvalue weighted by molar-refractivity contribution is -0.196. The summed E-state index contributed by atoms with van der Waals surface area (Å²) in [5.74, 6) is -1.10. The van der Waals surface area contributed by atoms with Crippen LogP contribution in [0.5, 0.6) is 0 Å². The normalized spacial score (nSPS) is 22.2. The molecule has 3 fully saturated rings. The number of fused-ring (bicyclic) bond motifs is 1. The van der Waals surface area contributed by atoms with Crippen molar-refractivity contribution in [3.05, 3.63) is 95.7 Å². The molecule has 2 bridgehead atoms. The maximum absolute atomic E-state index is 13.6. The number of aromatic nitrogens is 1. The lowest BCUT2D eigenvalue weighted by Crippen LogP contribution is -2.77. The number of nitrogens with one attached hydrogen (secondary N) is 1. The van der Waals surface area contributed by atoms with Crippen molar-refractivity contribution in [2.24, 2.45) is 5.41 Å². The van der Waals surface area contributed by atoms with Gasteiger partial charge in [0.25, 0.3) is 5.91 Å². The number of rotatable bonds is 6. The molecule has 188 valence electrons. The summed E-state index contributed by atoms with van der Waals surface area (Å²) < 4.78 is 40.8. The van der Waals surface area contributed by atoms with E-state index in [1.54, 1.807) is 0 Å². The average Bonchev–Trinajstić information content (AvgIpc) is 3.22. The minimum atomic E-state index is -4.40. The molecule has 3 aliphatic carbocycles. The van der Waals surface area contributed by atoms with Crippen molar-refractivity contribution in [3.63, 3.8) is 0 Å². The van der Waals surface area contributed by atoms with Crippen LogP contribution < -0.4 is 5.32 Å². The van der Waals surface area contributed by atoms with Gasteiger partial charge >= 0.3 is 12.1 Å². The van der Waals surface area contributed by atoms with Crippen molar-refractivity contribution in [1.82, 2.24) is 9.88 Å². The number of benzene rings is 3. The van der Waals surface area contributed by atoms with Crippen LogP contribution in [0.15, 0.2) is 79.0 Å². The van der Waals surface area contributed by atoms with Crippen LogP contribution in [0, 0.1) is 5.41 Å². The number of carbonyl (C=O) groups excluding carboxylic acids is 1. The van der Waals surface area contributed by atoms with E-state index in [4.69, 9.17) is 0 Å². The van der Waals surface area contributed by atoms with Gasteiger partial charge in [-0.1, -0.05) is 42.5 Å². The highest BCUT2D eigenvalue weighted by Gasteiger charge is 2.72. The van der Waals surface area contributed by atoms with Crippen LogP contribution in [0.2, 0.25) is 0 Å². The van der Waals surface area contributed by atoms with Gasteiger partial charge in [-0.05, 0) is 66.3 Å². The highest BCUT2D eigenvalue weighted by Crippen LogP contribution is 2.67. The van der Waals surface area contributed by atoms with Crippen molar-refractivity contribution in [2.75, 3.05) is 0 Å². The maximum Gasteiger partial charge on any atom is 0.416 e. The van der Waals surface area contributed by atoms with Crippen LogP contribution >= 0.6 is 0 Å². The molecule has 8 heteroatoms. The molecular weight excluding hydrogens is 481 g/mol. The van der Waals surface area contributed by atoms with Gasteiger partial charge in [0, 0.05) is 23.7 Å². The number of amides is 1. The molecule has 3 aromatic carbocycles. The van der Waals surface area contributed by atoms with Crippen LogP contribution in [-0.2, 0) is 17.5 Å². The van der Waals surface area contributed by atoms with E-state index in [0.717, 1.165) is 28.6 Å². The Bertz CT molecular complexity index is 1520. The fourth-order valence-electron chi connectivity index (χ4n) is 5.90. The summed E-state index contributed by atoms with van der Waals surface area (Å²) in [6.45, 7) is 0.292. The van der Waals surface area contributed by atoms with E-state index in [0.29, 0.717) is 42.5 Å². The molecule has 0 aliphatic heterocycles. The lowest BCUT2D eigenvalue weighted by atomic mass is 9.39. The zero-order valence-corrected chi connectivity index (χ0v) is 19.7. The van der Waals surface area contributed by atoms with Crippen LogP contribution in [0.4, 0.5) is 13.2 Å². The summed E-state index contributed by atoms with van der Waals surface area (Å²) in [5.41, 5.74) is 1.70. The number of alkyl halides is 3. The van der Waals surface area contributed by atoms with Gasteiger partial charge < -0.3 is 15.0 Å². The van der Waals surface area contributed by atoms with E-state index in [-0.39, 0.29) is 5.91 Å². The molecule has 0 saturated heterocycles. The molecule has 1 amide bonds. The second kappa shape index (κ2) is 7.96. The van der Waals surface area contributed by atoms with Gasteiger partial charge in [0.1, 0.15) is 0 Å². The van der Waals surface area contributed by atoms with Gasteiger partial charge in [-0.25, -0.2) is 0 Å². The molecule has 1 heterocycles. The third kappa shape index (κ3) is 3.87. The number of halogens is 3. The molecule has 0 spiro atoms. The topological polar surface area (TPSA) is 71.3 Å². The second-order valence-electron chi connectivity index (χ2n) is 10.3. The Morgan fingerprint density at radius 2 is 1.59 bits per heavy atom. The summed E-state index contributed by atoms with van der Waals surface area (Å²) in [6, 6.07) is 20.4. The Kier molecular flexibility index (Phi) is 5.02. The van der Waals surface area contributed by atoms with E-state index < -0.39 is 28.7 Å². The molecule has 7 rings (SSSR count). The van der Waals surface area contributed by atoms with Crippen molar-refractivity contribution < 1.29 is 27.9 Å². The first-order valence-electron chi connectivity index (χ1n) is 12.0. The minimum absolute atomic E-state index is 0.283. The number of aliphatic carboxylic acids is 1. The standard InChI is InChI=1S/C29H23F3N2O3/c30-29(31,32)22-8-6-18(7-9-22)14-34-11-10-20-12-21(19-4-2-1-3-5-19)13-23(24(20)34)25(35)33-28-15-27(16-28,17-28)26(36)37/h1-13H,14-17H2,(H,33,35)(H,36,37). The number of carboxylic acids is 1. The summed E-state index contributed by atoms with van der Waals surface area (Å²) in [4.78, 5) is 25.1. The van der Waals surface area contributed by atoms with E-state index in [2.05, 4.69) is 5.32 Å². The molecule has 2 N–H and O–H groups in total. The fraction of sp³-hybridized carbons (Fsp3) is 0.241. The van der Waals surface area contributed by atoms with E-state index in [1.165, 1.54) is 12.1 Å². The largest absolute Gasteiger partial charge is 0.481 e. The predicted molar refractivity (Wildman–Crippen MR) is 132 cm³/mol. The average molecular weight is 505 g/mol. The first-order valence-corrected chi connectivity index (χ1v) is 12.0. The van der Waals surface area contributed by atoms with Gasteiger partial charge in [-0.3, -0.25) is 9.59 Å². The second-order valence-corrected chi connectivity index (χ2v) is 10.3. The Labute approximate surface area is 210 Å². The van der Waals surface area contributed by atoms with Gasteiger partial charge in [-0.15, -0.1) is 0 Å². The first kappa shape index (κ1) is 23.3. The molecule has 1 aromatic heterocycles. The Hall–Kier alpha value is -4.07. The van der Waals surface area contributed by atoms with E-state index in [1.807, 2.05) is 59.3 Å². The first-order chi connectivity index (χ1) is 17.6. The van der Waals surface area contributed by atoms with Gasteiger partial charge in [-0.2, -0.15) is 13.2 Å². The predicted octanol–water partition coefficient (Wildman–Crippen LogP) is 6.11. The molecule has 4 aromatic rings. The highest BCUT2D eigenvalue weighted by atomic mass is 19.4. The maximum atomic E-state index is 13.6. The molecule has 3 aliphatic rings. The highest BCUT2D eigenvalue weighted by molar-refractivity contribution is 6.08. The SMILES string of the molecule is O=C(NC12CC(C(=O)O)(C1)C2)c1cc(-c2ccccc2)cc2ccn(Cc3ccc(C(F)(F)F)cc3)c12. The smallest absolute Gasteiger partial charge is 0.416 e. The summed E-state index contributed by atoms with van der Waals surface area (Å²) in [6.07, 6.45) is -1.30. The number of nitrogens with zero attached hydrogens (tertiary/aromatic N) is 1. The van der Waals surface area contributed by atoms with Crippen molar-refractivity contribution in [1.29, 1.82) is 0 Å². The summed E-state index contributed by atoms with van der Waals surface area (Å²) >= 11 is 0. The van der Waals surface area contributed by atoms with E-state index in [9.17, 15) is 27.9 Å². The number of hydrogen-bond donors (Lipinski definition) is 2. The molecule has 0 radical (unpaired) electrons.